The molecule has 1 N–H and O–H groups in total. The Labute approximate surface area is 67.8 Å². The van der Waals surface area contributed by atoms with Crippen LogP contribution in [0.4, 0.5) is 0 Å². The zero-order chi connectivity index (χ0) is 8.32. The highest BCUT2D eigenvalue weighted by Gasteiger charge is 2.34. The van der Waals surface area contributed by atoms with Gasteiger partial charge in [-0.15, -0.1) is 0 Å². The molecule has 0 aromatic rings. The van der Waals surface area contributed by atoms with Crippen LogP contribution in [-0.2, 0) is 0 Å². The number of nitrogens with zero attached hydrogens (tertiary/aromatic N) is 1. The van der Waals surface area contributed by atoms with Crippen molar-refractivity contribution in [2.24, 2.45) is 11.3 Å². The van der Waals surface area contributed by atoms with Gasteiger partial charge in [-0.2, -0.15) is 5.26 Å². The second-order valence-electron chi connectivity index (χ2n) is 3.75. The molecule has 2 unspecified atom stereocenters. The fourth-order valence-corrected chi connectivity index (χ4v) is 1.94. The van der Waals surface area contributed by atoms with Crippen LogP contribution in [-0.4, -0.2) is 11.7 Å². The quantitative estimate of drug-likeness (QED) is 0.623. The first-order valence-electron chi connectivity index (χ1n) is 4.24. The fourth-order valence-electron chi connectivity index (χ4n) is 1.94. The van der Waals surface area contributed by atoms with Gasteiger partial charge in [0.25, 0.3) is 0 Å². The van der Waals surface area contributed by atoms with E-state index in [4.69, 9.17) is 10.4 Å². The minimum absolute atomic E-state index is 0.0356. The van der Waals surface area contributed by atoms with Crippen molar-refractivity contribution < 1.29 is 5.11 Å². The summed E-state index contributed by atoms with van der Waals surface area (Å²) in [4.78, 5) is 0. The zero-order valence-electron chi connectivity index (χ0n) is 7.01. The van der Waals surface area contributed by atoms with E-state index < -0.39 is 5.41 Å². The molecule has 0 aliphatic heterocycles. The number of aliphatic hydroxyl groups excluding tert-OH is 1. The third kappa shape index (κ3) is 1.72. The summed E-state index contributed by atoms with van der Waals surface area (Å²) in [5.74, 6) is 0.607. The Morgan fingerprint density at radius 2 is 2.45 bits per heavy atom. The number of hydrogen-bond donors (Lipinski definition) is 1. The van der Waals surface area contributed by atoms with Crippen molar-refractivity contribution in [1.82, 2.24) is 0 Å². The van der Waals surface area contributed by atoms with Gasteiger partial charge in [0.2, 0.25) is 0 Å². The number of hydrogen-bond acceptors (Lipinski definition) is 2. The molecule has 0 saturated heterocycles. The third-order valence-electron chi connectivity index (χ3n) is 2.63. The molecular formula is C9H15NO. The average molecular weight is 153 g/mol. The summed E-state index contributed by atoms with van der Waals surface area (Å²) >= 11 is 0. The van der Waals surface area contributed by atoms with Gasteiger partial charge in [-0.3, -0.25) is 0 Å². The molecule has 1 aliphatic carbocycles. The summed E-state index contributed by atoms with van der Waals surface area (Å²) in [5.41, 5.74) is -0.405. The van der Waals surface area contributed by atoms with E-state index in [-0.39, 0.29) is 6.61 Å². The molecule has 1 rings (SSSR count). The first kappa shape index (κ1) is 8.55. The molecular weight excluding hydrogens is 138 g/mol. The van der Waals surface area contributed by atoms with Crippen LogP contribution in [0.25, 0.3) is 0 Å². The lowest BCUT2D eigenvalue weighted by Gasteiger charge is -2.32. The van der Waals surface area contributed by atoms with Crippen molar-refractivity contribution in [3.63, 3.8) is 0 Å². The molecule has 1 saturated carbocycles. The van der Waals surface area contributed by atoms with E-state index in [0.717, 1.165) is 19.3 Å². The Kier molecular flexibility index (Phi) is 2.51. The molecule has 0 spiro atoms. The normalized spacial score (nSPS) is 38.1. The van der Waals surface area contributed by atoms with Crippen LogP contribution in [0.2, 0.25) is 0 Å². The SMILES string of the molecule is CC1CCCC(C#N)(CO)C1. The lowest BCUT2D eigenvalue weighted by Crippen LogP contribution is -2.29. The summed E-state index contributed by atoms with van der Waals surface area (Å²) in [6, 6.07) is 2.25. The number of nitriles is 1. The van der Waals surface area contributed by atoms with Gasteiger partial charge in [0.15, 0.2) is 0 Å². The minimum Gasteiger partial charge on any atom is -0.395 e. The van der Waals surface area contributed by atoms with Crippen molar-refractivity contribution >= 4 is 0 Å². The van der Waals surface area contributed by atoms with E-state index >= 15 is 0 Å². The number of aliphatic hydroxyl groups is 1. The van der Waals surface area contributed by atoms with Crippen LogP contribution < -0.4 is 0 Å². The summed E-state index contributed by atoms with van der Waals surface area (Å²) in [6.07, 6.45) is 4.06. The van der Waals surface area contributed by atoms with E-state index in [1.54, 1.807) is 0 Å². The lowest BCUT2D eigenvalue weighted by molar-refractivity contribution is 0.110. The highest BCUT2D eigenvalue weighted by atomic mass is 16.3. The van der Waals surface area contributed by atoms with Gasteiger partial charge in [0.05, 0.1) is 18.1 Å². The predicted octanol–water partition coefficient (Wildman–Crippen LogP) is 1.70. The van der Waals surface area contributed by atoms with Crippen LogP contribution >= 0.6 is 0 Å². The van der Waals surface area contributed by atoms with Gasteiger partial charge in [-0.05, 0) is 18.8 Å². The van der Waals surface area contributed by atoms with E-state index in [2.05, 4.69) is 13.0 Å². The largest absolute Gasteiger partial charge is 0.395 e. The van der Waals surface area contributed by atoms with Crippen molar-refractivity contribution in [1.29, 1.82) is 5.26 Å². The Balaban J connectivity index is 2.62. The summed E-state index contributed by atoms with van der Waals surface area (Å²) in [5, 5.41) is 17.9. The lowest BCUT2D eigenvalue weighted by atomic mass is 9.72. The molecule has 11 heavy (non-hydrogen) atoms. The van der Waals surface area contributed by atoms with Crippen LogP contribution in [0.15, 0.2) is 0 Å². The maximum Gasteiger partial charge on any atom is 0.0806 e. The molecule has 1 fully saturated rings. The Morgan fingerprint density at radius 3 is 2.82 bits per heavy atom. The Hall–Kier alpha value is -0.550. The highest BCUT2D eigenvalue weighted by Crippen LogP contribution is 2.38. The molecule has 2 atom stereocenters. The standard InChI is InChI=1S/C9H15NO/c1-8-3-2-4-9(5-8,6-10)7-11/h8,11H,2-5,7H2,1H3. The Bertz CT molecular complexity index is 173. The average Bonchev–Trinajstić information content (AvgIpc) is 2.04. The molecule has 0 heterocycles. The smallest absolute Gasteiger partial charge is 0.0806 e. The first-order valence-corrected chi connectivity index (χ1v) is 4.24. The second kappa shape index (κ2) is 3.23. The first-order chi connectivity index (χ1) is 5.22. The molecule has 1 aliphatic rings. The highest BCUT2D eigenvalue weighted by molar-refractivity contribution is 5.01. The number of rotatable bonds is 1. The zero-order valence-corrected chi connectivity index (χ0v) is 7.01. The monoisotopic (exact) mass is 153 g/mol. The van der Waals surface area contributed by atoms with Gasteiger partial charge in [-0.1, -0.05) is 19.8 Å². The summed E-state index contributed by atoms with van der Waals surface area (Å²) in [7, 11) is 0. The third-order valence-corrected chi connectivity index (χ3v) is 2.63. The van der Waals surface area contributed by atoms with Crippen molar-refractivity contribution in [2.75, 3.05) is 6.61 Å². The predicted molar refractivity (Wildman–Crippen MR) is 42.8 cm³/mol. The fraction of sp³-hybridized carbons (Fsp3) is 0.889. The molecule has 2 nitrogen and oxygen atoms in total. The van der Waals surface area contributed by atoms with Crippen LogP contribution in [0.1, 0.15) is 32.6 Å². The summed E-state index contributed by atoms with van der Waals surface area (Å²) in [6.45, 7) is 2.19. The van der Waals surface area contributed by atoms with Gasteiger partial charge in [0, 0.05) is 0 Å². The van der Waals surface area contributed by atoms with E-state index in [9.17, 15) is 0 Å². The second-order valence-corrected chi connectivity index (χ2v) is 3.75. The van der Waals surface area contributed by atoms with E-state index in [1.165, 1.54) is 6.42 Å². The van der Waals surface area contributed by atoms with Crippen molar-refractivity contribution in [3.05, 3.63) is 0 Å². The van der Waals surface area contributed by atoms with Gasteiger partial charge < -0.3 is 5.11 Å². The van der Waals surface area contributed by atoms with Gasteiger partial charge in [-0.25, -0.2) is 0 Å². The van der Waals surface area contributed by atoms with Crippen LogP contribution in [0.5, 0.6) is 0 Å². The molecule has 62 valence electrons. The maximum absolute atomic E-state index is 9.04. The minimum atomic E-state index is -0.405. The molecule has 2 heteroatoms. The topological polar surface area (TPSA) is 44.0 Å². The maximum atomic E-state index is 9.04. The molecule has 0 aromatic heterocycles. The summed E-state index contributed by atoms with van der Waals surface area (Å²) < 4.78 is 0. The van der Waals surface area contributed by atoms with Crippen LogP contribution in [0.3, 0.4) is 0 Å². The van der Waals surface area contributed by atoms with Crippen molar-refractivity contribution in [2.45, 2.75) is 32.6 Å². The van der Waals surface area contributed by atoms with Crippen molar-refractivity contribution in [3.8, 4) is 6.07 Å². The van der Waals surface area contributed by atoms with E-state index in [1.807, 2.05) is 0 Å². The molecule has 0 bridgehead atoms. The van der Waals surface area contributed by atoms with E-state index in [0.29, 0.717) is 5.92 Å². The molecule has 0 aromatic carbocycles. The molecule has 0 radical (unpaired) electrons. The van der Waals surface area contributed by atoms with Gasteiger partial charge in [0.1, 0.15) is 0 Å². The Morgan fingerprint density at radius 1 is 1.73 bits per heavy atom. The van der Waals surface area contributed by atoms with Gasteiger partial charge >= 0.3 is 0 Å². The van der Waals surface area contributed by atoms with Crippen LogP contribution in [0, 0.1) is 22.7 Å². The molecule has 0 amide bonds.